The molecule has 3 fully saturated rings. The van der Waals surface area contributed by atoms with Crippen LogP contribution in [0.15, 0.2) is 0 Å². The second-order valence-electron chi connectivity index (χ2n) is 7.24. The maximum absolute atomic E-state index is 13.4. The van der Waals surface area contributed by atoms with Crippen LogP contribution in [0.25, 0.3) is 0 Å². The molecule has 28 heavy (non-hydrogen) atoms. The number of carbonyl (C=O) groups excluding carboxylic acids is 3. The predicted molar refractivity (Wildman–Crippen MR) is 90.9 cm³/mol. The Morgan fingerprint density at radius 3 is 2.43 bits per heavy atom. The molecule has 0 aromatic rings. The predicted octanol–water partition coefficient (Wildman–Crippen LogP) is 0.291. The van der Waals surface area contributed by atoms with Crippen LogP contribution >= 0.6 is 11.8 Å². The molecule has 3 aliphatic heterocycles. The van der Waals surface area contributed by atoms with Crippen LogP contribution in [-0.2, 0) is 34.0 Å². The number of thioether (sulfide) groups is 1. The van der Waals surface area contributed by atoms with Gasteiger partial charge in [0, 0.05) is 18.2 Å². The Bertz CT molecular complexity index is 817. The van der Waals surface area contributed by atoms with Gasteiger partial charge in [-0.25, -0.2) is 0 Å². The summed E-state index contributed by atoms with van der Waals surface area (Å²) in [6.45, 7) is 2.85. The van der Waals surface area contributed by atoms with Crippen molar-refractivity contribution in [2.45, 2.75) is 54.7 Å². The van der Waals surface area contributed by atoms with Gasteiger partial charge in [0.15, 0.2) is 6.61 Å². The fourth-order valence-corrected chi connectivity index (χ4v) is 6.47. The van der Waals surface area contributed by atoms with E-state index in [2.05, 4.69) is 4.74 Å². The minimum absolute atomic E-state index is 0.235. The number of esters is 2. The summed E-state index contributed by atoms with van der Waals surface area (Å²) in [5, 5.41) is -5.72. The zero-order chi connectivity index (χ0) is 21.2. The Labute approximate surface area is 163 Å². The van der Waals surface area contributed by atoms with E-state index < -0.39 is 63.1 Å². The molecular formula is C15H19F2NO8S2. The molecule has 0 aliphatic carbocycles. The normalized spacial score (nSPS) is 34.2. The first-order chi connectivity index (χ1) is 12.8. The number of fused-ring (bicyclic) bond motifs is 1. The van der Waals surface area contributed by atoms with Crippen molar-refractivity contribution in [3.05, 3.63) is 0 Å². The third-order valence-corrected chi connectivity index (χ3v) is 7.79. The topological polar surface area (TPSA) is 127 Å². The molecule has 0 aromatic heterocycles. The van der Waals surface area contributed by atoms with E-state index in [9.17, 15) is 31.6 Å². The van der Waals surface area contributed by atoms with Gasteiger partial charge in [0.2, 0.25) is 5.91 Å². The van der Waals surface area contributed by atoms with Crippen molar-refractivity contribution in [1.29, 1.82) is 0 Å². The quantitative estimate of drug-likeness (QED) is 0.455. The van der Waals surface area contributed by atoms with Crippen molar-refractivity contribution in [1.82, 2.24) is 4.90 Å². The van der Waals surface area contributed by atoms with E-state index in [1.807, 2.05) is 0 Å². The van der Waals surface area contributed by atoms with Gasteiger partial charge in [0.1, 0.15) is 6.10 Å². The molecule has 6 atom stereocenters. The molecule has 0 aromatic carbocycles. The molecular weight excluding hydrogens is 424 g/mol. The second-order valence-corrected chi connectivity index (χ2v) is 10.1. The molecule has 3 aliphatic rings. The number of carbonyl (C=O) groups is 3. The van der Waals surface area contributed by atoms with Gasteiger partial charge in [0.05, 0.1) is 23.1 Å². The lowest BCUT2D eigenvalue weighted by Crippen LogP contribution is -2.51. The minimum Gasteiger partial charge on any atom is -0.459 e. The first kappa shape index (κ1) is 21.2. The van der Waals surface area contributed by atoms with Gasteiger partial charge >= 0.3 is 27.3 Å². The van der Waals surface area contributed by atoms with Crippen LogP contribution in [0.3, 0.4) is 0 Å². The summed E-state index contributed by atoms with van der Waals surface area (Å²) in [6, 6.07) is -0.666. The average Bonchev–Trinajstić information content (AvgIpc) is 3.13. The highest BCUT2D eigenvalue weighted by Gasteiger charge is 2.72. The van der Waals surface area contributed by atoms with E-state index in [0.717, 1.165) is 0 Å². The van der Waals surface area contributed by atoms with E-state index in [1.165, 1.54) is 23.6 Å². The Morgan fingerprint density at radius 1 is 1.32 bits per heavy atom. The maximum atomic E-state index is 13.4. The standard InChI is InChI=1S/C15H19F2NO8S2/c1-5(2)18-9-10(26-6(3)19)12-8(7(13(18)20)11(9)27-12)14(21)25-4-15(16,17)28(22,23)24/h5,7-12H,4H2,1-3H3,(H,22,23,24). The van der Waals surface area contributed by atoms with E-state index in [1.54, 1.807) is 13.8 Å². The summed E-state index contributed by atoms with van der Waals surface area (Å²) < 4.78 is 66.4. The highest BCUT2D eigenvalue weighted by Crippen LogP contribution is 2.60. The zero-order valence-electron chi connectivity index (χ0n) is 15.1. The van der Waals surface area contributed by atoms with Crippen molar-refractivity contribution in [2.75, 3.05) is 6.61 Å². The molecule has 158 valence electrons. The first-order valence-electron chi connectivity index (χ1n) is 8.44. The van der Waals surface area contributed by atoms with Gasteiger partial charge in [-0.15, -0.1) is 11.8 Å². The molecule has 6 unspecified atom stereocenters. The van der Waals surface area contributed by atoms with Crippen LogP contribution in [0.1, 0.15) is 20.8 Å². The first-order valence-corrected chi connectivity index (χ1v) is 10.8. The number of alkyl halides is 2. The summed E-state index contributed by atoms with van der Waals surface area (Å²) in [7, 11) is -5.76. The number of hydrogen-bond donors (Lipinski definition) is 1. The van der Waals surface area contributed by atoms with Crippen LogP contribution in [0.5, 0.6) is 0 Å². The monoisotopic (exact) mass is 443 g/mol. The Morgan fingerprint density at radius 2 is 1.93 bits per heavy atom. The second kappa shape index (κ2) is 6.80. The lowest BCUT2D eigenvalue weighted by molar-refractivity contribution is -0.161. The Hall–Kier alpha value is -1.47. The number of ether oxygens (including phenoxy) is 2. The van der Waals surface area contributed by atoms with Gasteiger partial charge in [-0.2, -0.15) is 17.2 Å². The molecule has 3 saturated heterocycles. The molecule has 2 bridgehead atoms. The molecule has 0 radical (unpaired) electrons. The fourth-order valence-electron chi connectivity index (χ4n) is 4.18. The maximum Gasteiger partial charge on any atom is 0.402 e. The summed E-state index contributed by atoms with van der Waals surface area (Å²) in [6.07, 6.45) is -0.808. The molecule has 1 amide bonds. The van der Waals surface area contributed by atoms with Crippen LogP contribution in [0.4, 0.5) is 8.78 Å². The third kappa shape index (κ3) is 3.16. The minimum atomic E-state index is -5.76. The number of likely N-dealkylation sites (tertiary alicyclic amines) is 1. The average molecular weight is 443 g/mol. The molecule has 1 N–H and O–H groups in total. The Balaban J connectivity index is 1.85. The zero-order valence-corrected chi connectivity index (χ0v) is 16.7. The van der Waals surface area contributed by atoms with Gasteiger partial charge in [0.25, 0.3) is 0 Å². The molecule has 9 nitrogen and oxygen atoms in total. The molecule has 3 rings (SSSR count). The number of nitrogens with zero attached hydrogens (tertiary/aromatic N) is 1. The van der Waals surface area contributed by atoms with E-state index >= 15 is 0 Å². The van der Waals surface area contributed by atoms with Gasteiger partial charge in [-0.05, 0) is 13.8 Å². The highest BCUT2D eigenvalue weighted by molar-refractivity contribution is 8.01. The fraction of sp³-hybridized carbons (Fsp3) is 0.800. The van der Waals surface area contributed by atoms with Crippen LogP contribution < -0.4 is 0 Å². The van der Waals surface area contributed by atoms with Crippen molar-refractivity contribution < 1.29 is 45.6 Å². The van der Waals surface area contributed by atoms with Crippen molar-refractivity contribution >= 4 is 39.7 Å². The number of halogens is 2. The SMILES string of the molecule is CC(=O)OC1C2SC3C(C(=O)N(C(C)C)C13)C2C(=O)OCC(F)(F)S(=O)(=O)O. The van der Waals surface area contributed by atoms with E-state index in [-0.39, 0.29) is 17.2 Å². The van der Waals surface area contributed by atoms with E-state index in [0.29, 0.717) is 0 Å². The van der Waals surface area contributed by atoms with Gasteiger partial charge in [-0.3, -0.25) is 18.9 Å². The smallest absolute Gasteiger partial charge is 0.402 e. The number of amides is 1. The van der Waals surface area contributed by atoms with Crippen molar-refractivity contribution in [3.8, 4) is 0 Å². The summed E-state index contributed by atoms with van der Waals surface area (Å²) in [4.78, 5) is 38.4. The molecule has 0 saturated carbocycles. The van der Waals surface area contributed by atoms with Crippen LogP contribution in [-0.4, -0.2) is 76.3 Å². The Kier molecular flexibility index (Phi) is 5.16. The third-order valence-electron chi connectivity index (χ3n) is 5.16. The van der Waals surface area contributed by atoms with Crippen LogP contribution in [0.2, 0.25) is 0 Å². The molecule has 3 heterocycles. The number of hydrogen-bond acceptors (Lipinski definition) is 8. The lowest BCUT2D eigenvalue weighted by Gasteiger charge is -2.34. The highest BCUT2D eigenvalue weighted by atomic mass is 32.2. The number of rotatable bonds is 6. The van der Waals surface area contributed by atoms with Crippen molar-refractivity contribution in [3.63, 3.8) is 0 Å². The largest absolute Gasteiger partial charge is 0.459 e. The van der Waals surface area contributed by atoms with E-state index in [4.69, 9.17) is 9.29 Å². The summed E-state index contributed by atoms with van der Waals surface area (Å²) >= 11 is 1.26. The molecule has 0 spiro atoms. The summed E-state index contributed by atoms with van der Waals surface area (Å²) in [5.41, 5.74) is 0. The van der Waals surface area contributed by atoms with Crippen LogP contribution in [0, 0.1) is 11.8 Å². The van der Waals surface area contributed by atoms with Crippen molar-refractivity contribution in [2.24, 2.45) is 11.8 Å². The van der Waals surface area contributed by atoms with Gasteiger partial charge < -0.3 is 14.4 Å². The molecule has 13 heteroatoms. The summed E-state index contributed by atoms with van der Waals surface area (Å²) in [5.74, 6) is -4.16. The van der Waals surface area contributed by atoms with Gasteiger partial charge in [-0.1, -0.05) is 0 Å². The lowest BCUT2D eigenvalue weighted by atomic mass is 9.78.